The smallest absolute Gasteiger partial charge is 0.334 e. The van der Waals surface area contributed by atoms with E-state index in [0.717, 1.165) is 11.8 Å². The molecule has 1 aliphatic rings. The first kappa shape index (κ1) is 28.0. The zero-order valence-corrected chi connectivity index (χ0v) is 23.6. The molecule has 0 saturated carbocycles. The van der Waals surface area contributed by atoms with Crippen molar-refractivity contribution in [2.75, 3.05) is 11.9 Å². The minimum Gasteiger partial charge on any atom is -0.412 e. The maximum Gasteiger partial charge on any atom is 0.334 e. The van der Waals surface area contributed by atoms with E-state index in [1.165, 1.54) is 10.9 Å². The fourth-order valence-corrected chi connectivity index (χ4v) is 8.46. The largest absolute Gasteiger partial charge is 0.412 e. The van der Waals surface area contributed by atoms with Crippen LogP contribution in [0.2, 0.25) is 18.1 Å². The van der Waals surface area contributed by atoms with Gasteiger partial charge in [-0.1, -0.05) is 34.6 Å². The van der Waals surface area contributed by atoms with E-state index < -0.39 is 43.9 Å². The van der Waals surface area contributed by atoms with Crippen molar-refractivity contribution >= 4 is 50.7 Å². The second kappa shape index (κ2) is 9.73. The number of amides is 1. The number of nitrogens with zero attached hydrogens (tertiary/aromatic N) is 3. The van der Waals surface area contributed by atoms with Gasteiger partial charge in [-0.3, -0.25) is 24.5 Å². The van der Waals surface area contributed by atoms with Crippen molar-refractivity contribution < 1.29 is 28.7 Å². The number of aromatic nitrogens is 4. The first-order chi connectivity index (χ1) is 16.0. The molecular formula is C20H34N5O7PSSi. The summed E-state index contributed by atoms with van der Waals surface area (Å²) in [5.41, 5.74) is -1.89. The number of fused-ring (bicyclic) bond motifs is 1. The number of hydrogen-bond donors (Lipinski definition) is 5. The number of aromatic amines is 1. The molecule has 1 amide bonds. The van der Waals surface area contributed by atoms with Crippen LogP contribution in [0.1, 0.15) is 40.0 Å². The number of rotatable bonds is 7. The standard InChI is InChI=1S/C20H34N5O7PSSi/c1-10(2)16(27)23-19-22-15-12(17(28)24-19)21-9-25(15)18-14(33(29,30)31)13(11(8-26)34-18)32-35(6,7)20(3,4)5/h9-11,13-14,18,26H,8H2,1-7H3,(H2,29,30,31)(H2,22,23,24,27,28)/t11-,13-,14-,18-/m1/s1. The van der Waals surface area contributed by atoms with Gasteiger partial charge in [-0.05, 0) is 18.1 Å². The predicted molar refractivity (Wildman–Crippen MR) is 137 cm³/mol. The molecule has 35 heavy (non-hydrogen) atoms. The monoisotopic (exact) mass is 547 g/mol. The summed E-state index contributed by atoms with van der Waals surface area (Å²) in [5, 5.41) is 10.9. The van der Waals surface area contributed by atoms with E-state index in [9.17, 15) is 29.0 Å². The number of hydrogen-bond acceptors (Lipinski definition) is 8. The Morgan fingerprint density at radius 3 is 2.51 bits per heavy atom. The van der Waals surface area contributed by atoms with Gasteiger partial charge in [-0.2, -0.15) is 4.98 Å². The quantitative estimate of drug-likeness (QED) is 0.255. The molecule has 1 aliphatic heterocycles. The van der Waals surface area contributed by atoms with Gasteiger partial charge in [0.2, 0.25) is 11.9 Å². The molecule has 5 N–H and O–H groups in total. The van der Waals surface area contributed by atoms with Crippen LogP contribution in [0.4, 0.5) is 5.95 Å². The van der Waals surface area contributed by atoms with E-state index in [1.54, 1.807) is 13.8 Å². The Hall–Kier alpha value is -1.54. The number of aliphatic hydroxyl groups is 1. The number of nitrogens with one attached hydrogen (secondary N) is 2. The van der Waals surface area contributed by atoms with E-state index in [1.807, 2.05) is 33.9 Å². The van der Waals surface area contributed by atoms with Gasteiger partial charge >= 0.3 is 7.60 Å². The molecule has 0 bridgehead atoms. The number of anilines is 1. The van der Waals surface area contributed by atoms with Gasteiger partial charge in [0, 0.05) is 5.92 Å². The lowest BCUT2D eigenvalue weighted by atomic mass is 10.2. The highest BCUT2D eigenvalue weighted by Crippen LogP contribution is 2.60. The van der Waals surface area contributed by atoms with Gasteiger partial charge in [-0.15, -0.1) is 11.8 Å². The summed E-state index contributed by atoms with van der Waals surface area (Å²) in [7, 11) is -7.23. The minimum atomic E-state index is -4.76. The van der Waals surface area contributed by atoms with Gasteiger partial charge in [0.05, 0.1) is 29.7 Å². The summed E-state index contributed by atoms with van der Waals surface area (Å²) in [4.78, 5) is 56.4. The number of carbonyl (C=O) groups excluding carboxylic acids is 1. The Kier molecular flexibility index (Phi) is 7.79. The summed E-state index contributed by atoms with van der Waals surface area (Å²) in [6, 6.07) is 0. The third-order valence-corrected chi connectivity index (χ3v) is 14.2. The van der Waals surface area contributed by atoms with E-state index in [4.69, 9.17) is 4.43 Å². The first-order valence-corrected chi connectivity index (χ1v) is 16.8. The number of aliphatic hydroxyl groups excluding tert-OH is 1. The molecule has 15 heteroatoms. The minimum absolute atomic E-state index is 0.0353. The maximum atomic E-state index is 12.8. The molecule has 3 heterocycles. The molecular weight excluding hydrogens is 513 g/mol. The molecule has 1 fully saturated rings. The second-order valence-electron chi connectivity index (χ2n) is 10.6. The molecule has 12 nitrogen and oxygen atoms in total. The molecule has 0 aromatic carbocycles. The van der Waals surface area contributed by atoms with Crippen molar-refractivity contribution in [2.45, 2.75) is 75.1 Å². The third kappa shape index (κ3) is 5.58. The molecule has 196 valence electrons. The lowest BCUT2D eigenvalue weighted by Gasteiger charge is -2.41. The third-order valence-electron chi connectivity index (χ3n) is 6.59. The lowest BCUT2D eigenvalue weighted by molar-refractivity contribution is -0.118. The van der Waals surface area contributed by atoms with Crippen LogP contribution in [0.3, 0.4) is 0 Å². The molecule has 0 spiro atoms. The van der Waals surface area contributed by atoms with E-state index >= 15 is 0 Å². The molecule has 4 atom stereocenters. The first-order valence-electron chi connectivity index (χ1n) is 11.2. The van der Waals surface area contributed by atoms with Crippen LogP contribution < -0.4 is 10.9 Å². The SMILES string of the molecule is CC(C)C(=O)Nc1nc2c(ncn2[C@@H]2S[C@H](CO)[C@@H](O[Si](C)(C)C(C)(C)C)[C@H]2P(=O)(O)O)c(=O)[nH]1. The van der Waals surface area contributed by atoms with Crippen LogP contribution in [-0.4, -0.2) is 72.3 Å². The van der Waals surface area contributed by atoms with Crippen molar-refractivity contribution in [1.29, 1.82) is 0 Å². The zero-order valence-electron chi connectivity index (χ0n) is 20.8. The van der Waals surface area contributed by atoms with Crippen molar-refractivity contribution in [3.63, 3.8) is 0 Å². The van der Waals surface area contributed by atoms with Crippen molar-refractivity contribution in [3.8, 4) is 0 Å². The second-order valence-corrected chi connectivity index (χ2v) is 18.4. The van der Waals surface area contributed by atoms with E-state index in [0.29, 0.717) is 0 Å². The molecule has 2 aromatic heterocycles. The summed E-state index contributed by atoms with van der Waals surface area (Å²) in [6.45, 7) is 13.0. The molecule has 3 rings (SSSR count). The maximum absolute atomic E-state index is 12.8. The average Bonchev–Trinajstić information content (AvgIpc) is 3.27. The average molecular weight is 548 g/mol. The normalized spacial score (nSPS) is 23.9. The Morgan fingerprint density at radius 1 is 1.37 bits per heavy atom. The van der Waals surface area contributed by atoms with Gasteiger partial charge in [-0.25, -0.2) is 4.98 Å². The Labute approximate surface area is 208 Å². The Balaban J connectivity index is 2.11. The Bertz CT molecular complexity index is 1200. The van der Waals surface area contributed by atoms with Gasteiger partial charge in [0.15, 0.2) is 19.5 Å². The van der Waals surface area contributed by atoms with Gasteiger partial charge in [0.25, 0.3) is 5.56 Å². The van der Waals surface area contributed by atoms with Crippen LogP contribution in [0, 0.1) is 5.92 Å². The molecule has 0 aliphatic carbocycles. The van der Waals surface area contributed by atoms with Crippen molar-refractivity contribution in [1.82, 2.24) is 19.5 Å². The van der Waals surface area contributed by atoms with Crippen LogP contribution in [0.5, 0.6) is 0 Å². The van der Waals surface area contributed by atoms with Crippen LogP contribution >= 0.6 is 19.4 Å². The highest BCUT2D eigenvalue weighted by molar-refractivity contribution is 8.00. The van der Waals surface area contributed by atoms with Crippen molar-refractivity contribution in [3.05, 3.63) is 16.7 Å². The molecule has 0 radical (unpaired) electrons. The Morgan fingerprint density at radius 2 is 2.00 bits per heavy atom. The number of H-pyrrole nitrogens is 1. The predicted octanol–water partition coefficient (Wildman–Crippen LogP) is 2.26. The fourth-order valence-electron chi connectivity index (χ4n) is 3.55. The summed E-state index contributed by atoms with van der Waals surface area (Å²) < 4.78 is 20.7. The molecule has 0 unspecified atom stereocenters. The fraction of sp³-hybridized carbons (Fsp3) is 0.700. The molecule has 2 aromatic rings. The topological polar surface area (TPSA) is 180 Å². The highest BCUT2D eigenvalue weighted by atomic mass is 32.2. The summed E-state index contributed by atoms with van der Waals surface area (Å²) in [6.07, 6.45) is 0.362. The van der Waals surface area contributed by atoms with Crippen LogP contribution in [-0.2, 0) is 13.8 Å². The summed E-state index contributed by atoms with van der Waals surface area (Å²) in [5.74, 6) is -0.805. The number of thioether (sulfide) groups is 1. The zero-order chi connectivity index (χ0) is 26.5. The summed E-state index contributed by atoms with van der Waals surface area (Å²) >= 11 is 1.15. The van der Waals surface area contributed by atoms with Crippen molar-refractivity contribution in [2.24, 2.45) is 5.92 Å². The number of carbonyl (C=O) groups is 1. The van der Waals surface area contributed by atoms with E-state index in [2.05, 4.69) is 20.3 Å². The van der Waals surface area contributed by atoms with E-state index in [-0.39, 0.29) is 40.6 Å². The highest BCUT2D eigenvalue weighted by Gasteiger charge is 2.56. The van der Waals surface area contributed by atoms with Crippen LogP contribution in [0.25, 0.3) is 11.2 Å². The van der Waals surface area contributed by atoms with Crippen LogP contribution in [0.15, 0.2) is 11.1 Å². The molecule has 1 saturated heterocycles. The number of imidazole rings is 1. The van der Waals surface area contributed by atoms with Gasteiger partial charge < -0.3 is 23.9 Å². The van der Waals surface area contributed by atoms with Gasteiger partial charge in [0.1, 0.15) is 5.66 Å². The lowest BCUT2D eigenvalue weighted by Crippen LogP contribution is -2.49.